The summed E-state index contributed by atoms with van der Waals surface area (Å²) in [6, 6.07) is 0. The summed E-state index contributed by atoms with van der Waals surface area (Å²) < 4.78 is 4.86. The molecule has 1 amide bonds. The molecule has 0 radical (unpaired) electrons. The topological polar surface area (TPSA) is 29.5 Å². The van der Waals surface area contributed by atoms with Gasteiger partial charge in [-0.25, -0.2) is 0 Å². The Hall–Kier alpha value is -0.0900. The zero-order valence-electron chi connectivity index (χ0n) is 6.97. The van der Waals surface area contributed by atoms with Gasteiger partial charge in [-0.3, -0.25) is 4.79 Å². The van der Waals surface area contributed by atoms with E-state index in [0.717, 1.165) is 6.54 Å². The summed E-state index contributed by atoms with van der Waals surface area (Å²) in [5, 5.41) is 0.393. The van der Waals surface area contributed by atoms with Crippen LogP contribution in [0.5, 0.6) is 0 Å². The first-order valence-electron chi connectivity index (χ1n) is 3.59. The number of ether oxygens (including phenoxy) is 1. The van der Waals surface area contributed by atoms with E-state index in [1.807, 2.05) is 6.92 Å². The first-order chi connectivity index (χ1) is 5.26. The zero-order chi connectivity index (χ0) is 8.69. The quantitative estimate of drug-likeness (QED) is 0.648. The van der Waals surface area contributed by atoms with Gasteiger partial charge in [0.1, 0.15) is 0 Å². The molecule has 11 heavy (non-hydrogen) atoms. The minimum Gasteiger partial charge on any atom is -0.383 e. The minimum absolute atomic E-state index is 0.115. The molecule has 0 spiro atoms. The summed E-state index contributed by atoms with van der Waals surface area (Å²) in [7, 11) is 1.63. The summed E-state index contributed by atoms with van der Waals surface area (Å²) in [6.45, 7) is 3.98. The van der Waals surface area contributed by atoms with Crippen molar-refractivity contribution in [1.29, 1.82) is 0 Å². The third kappa shape index (κ3) is 4.37. The van der Waals surface area contributed by atoms with Crippen molar-refractivity contribution in [2.24, 2.45) is 0 Å². The molecule has 0 saturated heterocycles. The molecular weight excluding hydrogens is 210 g/mol. The van der Waals surface area contributed by atoms with Crippen molar-refractivity contribution < 1.29 is 9.53 Å². The Labute approximate surface area is 75.8 Å². The third-order valence-corrected chi connectivity index (χ3v) is 1.89. The molecule has 0 aliphatic rings. The fourth-order valence-corrected chi connectivity index (χ4v) is 1.10. The van der Waals surface area contributed by atoms with E-state index < -0.39 is 0 Å². The molecular formula is C7H14BrNO2. The molecule has 0 rings (SSSR count). The smallest absolute Gasteiger partial charge is 0.233 e. The maximum atomic E-state index is 11.1. The summed E-state index contributed by atoms with van der Waals surface area (Å²) in [5.74, 6) is 0.115. The number of halogens is 1. The summed E-state index contributed by atoms with van der Waals surface area (Å²) in [6.07, 6.45) is 0. The van der Waals surface area contributed by atoms with E-state index in [0.29, 0.717) is 18.5 Å². The first kappa shape index (κ1) is 10.9. The van der Waals surface area contributed by atoms with Crippen LogP contribution in [0.4, 0.5) is 0 Å². The number of amides is 1. The first-order valence-corrected chi connectivity index (χ1v) is 4.71. The van der Waals surface area contributed by atoms with Crippen LogP contribution < -0.4 is 0 Å². The highest BCUT2D eigenvalue weighted by Gasteiger charge is 2.07. The van der Waals surface area contributed by atoms with E-state index >= 15 is 0 Å². The van der Waals surface area contributed by atoms with Gasteiger partial charge < -0.3 is 9.64 Å². The van der Waals surface area contributed by atoms with Crippen LogP contribution in [0.2, 0.25) is 0 Å². The van der Waals surface area contributed by atoms with Gasteiger partial charge in [0.15, 0.2) is 0 Å². The monoisotopic (exact) mass is 223 g/mol. The van der Waals surface area contributed by atoms with Crippen LogP contribution in [-0.2, 0) is 9.53 Å². The van der Waals surface area contributed by atoms with Crippen LogP contribution in [0.1, 0.15) is 6.92 Å². The lowest BCUT2D eigenvalue weighted by Crippen LogP contribution is -2.34. The van der Waals surface area contributed by atoms with E-state index in [4.69, 9.17) is 4.74 Å². The Bertz CT molecular complexity index is 119. The second-order valence-electron chi connectivity index (χ2n) is 2.10. The lowest BCUT2D eigenvalue weighted by Gasteiger charge is -2.18. The molecule has 0 N–H and O–H groups in total. The number of rotatable bonds is 5. The number of carbonyl (C=O) groups excluding carboxylic acids is 1. The van der Waals surface area contributed by atoms with Crippen LogP contribution in [0.25, 0.3) is 0 Å². The fourth-order valence-electron chi connectivity index (χ4n) is 0.745. The summed E-state index contributed by atoms with van der Waals surface area (Å²) >= 11 is 3.12. The van der Waals surface area contributed by atoms with Gasteiger partial charge in [-0.1, -0.05) is 15.9 Å². The van der Waals surface area contributed by atoms with Crippen LogP contribution >= 0.6 is 15.9 Å². The number of hydrogen-bond donors (Lipinski definition) is 0. The molecule has 0 atom stereocenters. The second-order valence-corrected chi connectivity index (χ2v) is 2.66. The van der Waals surface area contributed by atoms with E-state index in [9.17, 15) is 4.79 Å². The Morgan fingerprint density at radius 2 is 2.27 bits per heavy atom. The summed E-state index contributed by atoms with van der Waals surface area (Å²) in [5.41, 5.74) is 0. The molecule has 0 heterocycles. The normalized spacial score (nSPS) is 9.73. The molecule has 0 fully saturated rings. The molecule has 66 valence electrons. The molecule has 0 aliphatic heterocycles. The standard InChI is InChI=1S/C7H14BrNO2/c1-3-9(4-5-11-2)7(10)6-8/h3-6H2,1-2H3. The highest BCUT2D eigenvalue weighted by Crippen LogP contribution is 1.92. The van der Waals surface area contributed by atoms with Crippen molar-refractivity contribution >= 4 is 21.8 Å². The zero-order valence-corrected chi connectivity index (χ0v) is 8.56. The summed E-state index contributed by atoms with van der Waals surface area (Å²) in [4.78, 5) is 12.8. The van der Waals surface area contributed by atoms with Gasteiger partial charge in [-0.15, -0.1) is 0 Å². The molecule has 3 nitrogen and oxygen atoms in total. The van der Waals surface area contributed by atoms with Gasteiger partial charge in [0.2, 0.25) is 5.91 Å². The van der Waals surface area contributed by atoms with Crippen molar-refractivity contribution in [3.8, 4) is 0 Å². The maximum Gasteiger partial charge on any atom is 0.233 e. The molecule has 0 saturated carbocycles. The molecule has 0 aromatic rings. The SMILES string of the molecule is CCN(CCOC)C(=O)CBr. The van der Waals surface area contributed by atoms with Crippen molar-refractivity contribution in [2.75, 3.05) is 32.1 Å². The van der Waals surface area contributed by atoms with Crippen molar-refractivity contribution in [3.63, 3.8) is 0 Å². The van der Waals surface area contributed by atoms with Crippen LogP contribution in [-0.4, -0.2) is 42.9 Å². The Morgan fingerprint density at radius 3 is 2.64 bits per heavy atom. The van der Waals surface area contributed by atoms with Gasteiger partial charge in [0.25, 0.3) is 0 Å². The van der Waals surface area contributed by atoms with Gasteiger partial charge in [0, 0.05) is 20.2 Å². The Balaban J connectivity index is 3.65. The van der Waals surface area contributed by atoms with Crippen molar-refractivity contribution in [3.05, 3.63) is 0 Å². The molecule has 4 heteroatoms. The average molecular weight is 224 g/mol. The third-order valence-electron chi connectivity index (χ3n) is 1.41. The number of hydrogen-bond acceptors (Lipinski definition) is 2. The molecule has 0 aromatic heterocycles. The number of carbonyl (C=O) groups is 1. The van der Waals surface area contributed by atoms with E-state index in [-0.39, 0.29) is 5.91 Å². The lowest BCUT2D eigenvalue weighted by molar-refractivity contribution is -0.128. The Morgan fingerprint density at radius 1 is 1.64 bits per heavy atom. The second kappa shape index (κ2) is 6.61. The van der Waals surface area contributed by atoms with Crippen molar-refractivity contribution in [1.82, 2.24) is 4.90 Å². The van der Waals surface area contributed by atoms with Crippen molar-refractivity contribution in [2.45, 2.75) is 6.92 Å². The van der Waals surface area contributed by atoms with Gasteiger partial charge in [-0.2, -0.15) is 0 Å². The minimum atomic E-state index is 0.115. The highest BCUT2D eigenvalue weighted by atomic mass is 79.9. The number of methoxy groups -OCH3 is 1. The Kier molecular flexibility index (Phi) is 6.56. The number of nitrogens with zero attached hydrogens (tertiary/aromatic N) is 1. The number of likely N-dealkylation sites (N-methyl/N-ethyl adjacent to an activating group) is 1. The van der Waals surface area contributed by atoms with Gasteiger partial charge in [0.05, 0.1) is 11.9 Å². The lowest BCUT2D eigenvalue weighted by atomic mass is 10.5. The highest BCUT2D eigenvalue weighted by molar-refractivity contribution is 9.09. The average Bonchev–Trinajstić information content (AvgIpc) is 2.05. The molecule has 0 aliphatic carbocycles. The molecule has 0 unspecified atom stereocenters. The maximum absolute atomic E-state index is 11.1. The van der Waals surface area contributed by atoms with E-state index in [1.54, 1.807) is 12.0 Å². The van der Waals surface area contributed by atoms with E-state index in [1.165, 1.54) is 0 Å². The molecule has 0 aromatic carbocycles. The van der Waals surface area contributed by atoms with Crippen LogP contribution in [0.3, 0.4) is 0 Å². The van der Waals surface area contributed by atoms with Crippen LogP contribution in [0.15, 0.2) is 0 Å². The van der Waals surface area contributed by atoms with Gasteiger partial charge >= 0.3 is 0 Å². The van der Waals surface area contributed by atoms with E-state index in [2.05, 4.69) is 15.9 Å². The largest absolute Gasteiger partial charge is 0.383 e. The number of alkyl halides is 1. The van der Waals surface area contributed by atoms with Gasteiger partial charge in [-0.05, 0) is 6.92 Å². The molecule has 0 bridgehead atoms. The predicted octanol–water partition coefficient (Wildman–Crippen LogP) is 0.876. The predicted molar refractivity (Wildman–Crippen MR) is 47.9 cm³/mol. The van der Waals surface area contributed by atoms with Crippen LogP contribution in [0, 0.1) is 0 Å². The fraction of sp³-hybridized carbons (Fsp3) is 0.857.